The first-order chi connectivity index (χ1) is 19.2. The van der Waals surface area contributed by atoms with Gasteiger partial charge in [-0.05, 0) is 49.1 Å². The van der Waals surface area contributed by atoms with Gasteiger partial charge in [-0.1, -0.05) is 6.92 Å². The van der Waals surface area contributed by atoms with Crippen molar-refractivity contribution in [2.75, 3.05) is 26.2 Å². The molecule has 3 amide bonds. The summed E-state index contributed by atoms with van der Waals surface area (Å²) in [5.41, 5.74) is 0.0282. The maximum absolute atomic E-state index is 13.3. The minimum absolute atomic E-state index is 0.0180. The average Bonchev–Trinajstić information content (AvgIpc) is 3.71. The van der Waals surface area contributed by atoms with Crippen LogP contribution < -0.4 is 16.0 Å². The van der Waals surface area contributed by atoms with Crippen LogP contribution in [0.1, 0.15) is 33.1 Å². The SMILES string of the molecule is C[C@@H](NC(=O)Cn1cnnn1)[C@H]1C(=O)N2C(C(=O)O)=C(S[C@@H]3CN[C@H](C(=O)N4CC5CCCNC5C4)C3)[C@H](C)[C@H]12. The predicted molar refractivity (Wildman–Crippen MR) is 142 cm³/mol. The monoisotopic (exact) mass is 573 g/mol. The van der Waals surface area contributed by atoms with E-state index in [0.29, 0.717) is 29.8 Å². The average molecular weight is 574 g/mol. The summed E-state index contributed by atoms with van der Waals surface area (Å²) in [4.78, 5) is 55.3. The van der Waals surface area contributed by atoms with Gasteiger partial charge in [0.1, 0.15) is 18.6 Å². The lowest BCUT2D eigenvalue weighted by molar-refractivity contribution is -0.158. The van der Waals surface area contributed by atoms with Crippen molar-refractivity contribution < 1.29 is 24.3 Å². The molecule has 1 aromatic rings. The smallest absolute Gasteiger partial charge is 0.353 e. The minimum Gasteiger partial charge on any atom is -0.477 e. The summed E-state index contributed by atoms with van der Waals surface area (Å²) in [6.45, 7) is 6.76. The van der Waals surface area contributed by atoms with Crippen molar-refractivity contribution in [2.45, 2.75) is 69.1 Å². The molecule has 0 saturated carbocycles. The molecule has 0 radical (unpaired) electrons. The first-order valence-corrected chi connectivity index (χ1v) is 14.8. The van der Waals surface area contributed by atoms with Gasteiger partial charge in [-0.15, -0.1) is 16.9 Å². The summed E-state index contributed by atoms with van der Waals surface area (Å²) >= 11 is 1.47. The number of likely N-dealkylation sites (tertiary alicyclic amines) is 1. The molecule has 0 aromatic carbocycles. The Morgan fingerprint density at radius 1 is 1.27 bits per heavy atom. The molecular formula is C25H35N9O5S. The molecule has 0 spiro atoms. The molecule has 0 aliphatic carbocycles. The summed E-state index contributed by atoms with van der Waals surface area (Å²) in [5, 5.41) is 30.5. The molecule has 6 heterocycles. The van der Waals surface area contributed by atoms with Gasteiger partial charge in [0.2, 0.25) is 17.7 Å². The molecule has 40 heavy (non-hydrogen) atoms. The molecule has 5 aliphatic rings. The third-order valence-electron chi connectivity index (χ3n) is 9.01. The van der Waals surface area contributed by atoms with Crippen molar-refractivity contribution in [1.29, 1.82) is 0 Å². The number of thioether (sulfide) groups is 1. The van der Waals surface area contributed by atoms with Crippen molar-refractivity contribution in [3.63, 3.8) is 0 Å². The third-order valence-corrected chi connectivity index (χ3v) is 10.5. The molecule has 15 heteroatoms. The molecule has 14 nitrogen and oxygen atoms in total. The number of carbonyl (C=O) groups excluding carboxylic acids is 3. The van der Waals surface area contributed by atoms with E-state index in [1.54, 1.807) is 6.92 Å². The lowest BCUT2D eigenvalue weighted by atomic mass is 9.78. The fraction of sp³-hybridized carbons (Fsp3) is 0.720. The van der Waals surface area contributed by atoms with Crippen LogP contribution in [0.3, 0.4) is 0 Å². The maximum Gasteiger partial charge on any atom is 0.353 e. The van der Waals surface area contributed by atoms with E-state index in [2.05, 4.69) is 31.5 Å². The number of aromatic nitrogens is 4. The highest BCUT2D eigenvalue weighted by Gasteiger charge is 2.60. The van der Waals surface area contributed by atoms with Gasteiger partial charge in [0.15, 0.2) is 0 Å². The molecule has 2 unspecified atom stereocenters. The molecule has 5 aliphatic heterocycles. The summed E-state index contributed by atoms with van der Waals surface area (Å²) < 4.78 is 1.29. The van der Waals surface area contributed by atoms with Crippen molar-refractivity contribution in [2.24, 2.45) is 17.8 Å². The van der Waals surface area contributed by atoms with Crippen molar-refractivity contribution in [3.05, 3.63) is 16.9 Å². The lowest BCUT2D eigenvalue weighted by Crippen LogP contribution is -2.66. The van der Waals surface area contributed by atoms with Crippen molar-refractivity contribution in [1.82, 2.24) is 46.0 Å². The summed E-state index contributed by atoms with van der Waals surface area (Å²) in [6.07, 6.45) is 4.24. The number of hydrogen-bond acceptors (Lipinski definition) is 10. The number of aliphatic carboxylic acids is 1. The number of nitrogens with zero attached hydrogens (tertiary/aromatic N) is 6. The van der Waals surface area contributed by atoms with Crippen LogP contribution in [0, 0.1) is 17.8 Å². The minimum atomic E-state index is -1.13. The second-order valence-corrected chi connectivity index (χ2v) is 12.9. The molecule has 6 rings (SSSR count). The molecule has 4 N–H and O–H groups in total. The Morgan fingerprint density at radius 2 is 2.10 bits per heavy atom. The Labute approximate surface area is 235 Å². The predicted octanol–water partition coefficient (Wildman–Crippen LogP) is -1.38. The molecule has 4 saturated heterocycles. The first-order valence-electron chi connectivity index (χ1n) is 14.0. The topological polar surface area (TPSA) is 175 Å². The Bertz CT molecular complexity index is 1210. The van der Waals surface area contributed by atoms with E-state index in [9.17, 15) is 24.3 Å². The molecule has 0 bridgehead atoms. The number of tetrazole rings is 1. The van der Waals surface area contributed by atoms with Gasteiger partial charge in [0.25, 0.3) is 0 Å². The number of rotatable bonds is 8. The van der Waals surface area contributed by atoms with E-state index < -0.39 is 17.9 Å². The number of β-lactam (4-membered cyclic amide) rings is 1. The van der Waals surface area contributed by atoms with E-state index in [-0.39, 0.29) is 53.2 Å². The second kappa shape index (κ2) is 10.7. The van der Waals surface area contributed by atoms with Gasteiger partial charge >= 0.3 is 5.97 Å². The van der Waals surface area contributed by atoms with Crippen LogP contribution in [0.25, 0.3) is 0 Å². The van der Waals surface area contributed by atoms with E-state index in [4.69, 9.17) is 0 Å². The highest BCUT2D eigenvalue weighted by Crippen LogP contribution is 2.52. The van der Waals surface area contributed by atoms with E-state index >= 15 is 0 Å². The van der Waals surface area contributed by atoms with Crippen LogP contribution in [0.4, 0.5) is 0 Å². The zero-order valence-corrected chi connectivity index (χ0v) is 23.3. The van der Waals surface area contributed by atoms with Crippen LogP contribution >= 0.6 is 11.8 Å². The van der Waals surface area contributed by atoms with Crippen LogP contribution in [0.5, 0.6) is 0 Å². The molecule has 1 aromatic heterocycles. The Kier molecular flexibility index (Phi) is 7.29. The van der Waals surface area contributed by atoms with Crippen LogP contribution in [0.15, 0.2) is 16.9 Å². The van der Waals surface area contributed by atoms with Crippen molar-refractivity contribution in [3.8, 4) is 0 Å². The zero-order valence-electron chi connectivity index (χ0n) is 22.5. The summed E-state index contributed by atoms with van der Waals surface area (Å²) in [6, 6.07) is -0.747. The Morgan fingerprint density at radius 3 is 2.83 bits per heavy atom. The number of fused-ring (bicyclic) bond motifs is 2. The number of hydrogen-bond donors (Lipinski definition) is 4. The fourth-order valence-corrected chi connectivity index (χ4v) is 8.57. The van der Waals surface area contributed by atoms with Gasteiger partial charge in [0, 0.05) is 47.8 Å². The van der Waals surface area contributed by atoms with Gasteiger partial charge < -0.3 is 30.9 Å². The number of amides is 3. The quantitative estimate of drug-likeness (QED) is 0.270. The number of carbonyl (C=O) groups is 4. The van der Waals surface area contributed by atoms with E-state index in [0.717, 1.165) is 32.5 Å². The Balaban J connectivity index is 1.08. The highest BCUT2D eigenvalue weighted by molar-refractivity contribution is 8.03. The van der Waals surface area contributed by atoms with Gasteiger partial charge in [0.05, 0.1) is 18.0 Å². The highest BCUT2D eigenvalue weighted by atomic mass is 32.2. The van der Waals surface area contributed by atoms with Crippen LogP contribution in [-0.2, 0) is 25.7 Å². The first kappa shape index (κ1) is 27.1. The largest absolute Gasteiger partial charge is 0.477 e. The van der Waals surface area contributed by atoms with E-state index in [1.165, 1.54) is 27.7 Å². The third kappa shape index (κ3) is 4.77. The lowest BCUT2D eigenvalue weighted by Gasteiger charge is -2.47. The van der Waals surface area contributed by atoms with Crippen LogP contribution in [0.2, 0.25) is 0 Å². The van der Waals surface area contributed by atoms with Gasteiger partial charge in [-0.25, -0.2) is 9.48 Å². The van der Waals surface area contributed by atoms with Crippen LogP contribution in [-0.4, -0.2) is 114 Å². The number of piperidine rings is 1. The van der Waals surface area contributed by atoms with Crippen molar-refractivity contribution >= 4 is 35.5 Å². The Hall–Kier alpha value is -3.04. The molecule has 4 fully saturated rings. The fourth-order valence-electron chi connectivity index (χ4n) is 7.09. The van der Waals surface area contributed by atoms with Gasteiger partial charge in [-0.2, -0.15) is 0 Å². The number of nitrogens with one attached hydrogen (secondary N) is 3. The summed E-state index contributed by atoms with van der Waals surface area (Å²) in [5.74, 6) is -1.88. The summed E-state index contributed by atoms with van der Waals surface area (Å²) in [7, 11) is 0. The molecule has 216 valence electrons. The second-order valence-electron chi connectivity index (χ2n) is 11.5. The number of carboxylic acid groups (broad SMARTS) is 1. The number of carboxylic acids is 1. The molecular weight excluding hydrogens is 538 g/mol. The van der Waals surface area contributed by atoms with Gasteiger partial charge in [-0.3, -0.25) is 14.4 Å². The normalized spacial score (nSPS) is 34.0. The zero-order chi connectivity index (χ0) is 28.1. The standard InChI is InChI=1S/C25H35N9O5S/c1-12-20-19(13(2)29-18(35)10-33-11-28-30-31-33)24(37)34(20)21(25(38)39)22(12)40-15-6-16(27-7-15)23(36)32-8-14-4-3-5-26-17(14)9-32/h11-17,19-20,26-27H,3-10H2,1-2H3,(H,29,35)(H,38,39)/t12-,13-,14?,15+,16+,17?,19-,20-/m1/s1. The molecule has 8 atom stereocenters. The van der Waals surface area contributed by atoms with E-state index in [1.807, 2.05) is 11.8 Å². The maximum atomic E-state index is 13.3.